The Morgan fingerprint density at radius 1 is 1.12 bits per heavy atom. The Morgan fingerprint density at radius 2 is 1.88 bits per heavy atom. The number of methoxy groups -OCH3 is 3. The zero-order valence-electron chi connectivity index (χ0n) is 15.4. The fourth-order valence-corrected chi connectivity index (χ4v) is 2.88. The summed E-state index contributed by atoms with van der Waals surface area (Å²) in [6.07, 6.45) is 0. The third kappa shape index (κ3) is 5.88. The number of rotatable bonds is 9. The zero-order valence-corrected chi connectivity index (χ0v) is 15.4. The highest BCUT2D eigenvalue weighted by Crippen LogP contribution is 2.25. The molecule has 1 aromatic rings. The Kier molecular flexibility index (Phi) is 7.97. The monoisotopic (exact) mass is 351 g/mol. The molecule has 0 saturated carbocycles. The van der Waals surface area contributed by atoms with E-state index in [0.29, 0.717) is 19.7 Å². The summed E-state index contributed by atoms with van der Waals surface area (Å²) in [6.45, 7) is 5.66. The maximum atomic E-state index is 12.2. The SMILES string of the molecule is COCCNCC(=O)N1CCN(Cc2cc(OC)ccc2OC)CC1. The lowest BCUT2D eigenvalue weighted by molar-refractivity contribution is -0.132. The molecule has 0 bridgehead atoms. The summed E-state index contributed by atoms with van der Waals surface area (Å²) in [6, 6.07) is 5.84. The van der Waals surface area contributed by atoms with Crippen molar-refractivity contribution in [3.05, 3.63) is 23.8 Å². The number of amides is 1. The number of nitrogens with zero attached hydrogens (tertiary/aromatic N) is 2. The van der Waals surface area contributed by atoms with Gasteiger partial charge in [0.05, 0.1) is 27.4 Å². The van der Waals surface area contributed by atoms with Gasteiger partial charge in [0.1, 0.15) is 11.5 Å². The summed E-state index contributed by atoms with van der Waals surface area (Å²) in [5, 5.41) is 3.10. The van der Waals surface area contributed by atoms with Crippen molar-refractivity contribution >= 4 is 5.91 Å². The molecule has 140 valence electrons. The molecule has 1 aliphatic rings. The van der Waals surface area contributed by atoms with Crippen molar-refractivity contribution in [1.82, 2.24) is 15.1 Å². The number of benzene rings is 1. The summed E-state index contributed by atoms with van der Waals surface area (Å²) in [4.78, 5) is 16.4. The predicted octanol–water partition coefficient (Wildman–Crippen LogP) is 0.584. The molecule has 7 nitrogen and oxygen atoms in total. The molecule has 1 aliphatic heterocycles. The lowest BCUT2D eigenvalue weighted by Gasteiger charge is -2.35. The summed E-state index contributed by atoms with van der Waals surface area (Å²) in [7, 11) is 5.00. The normalized spacial score (nSPS) is 15.2. The molecular weight excluding hydrogens is 322 g/mol. The Hall–Kier alpha value is -1.83. The topological polar surface area (TPSA) is 63.3 Å². The number of hydrogen-bond acceptors (Lipinski definition) is 6. The standard InChI is InChI=1S/C18H29N3O4/c1-23-11-6-19-13-18(22)21-9-7-20(8-10-21)14-15-12-16(24-2)4-5-17(15)25-3/h4-5,12,19H,6-11,13-14H2,1-3H3. The number of piperazine rings is 1. The lowest BCUT2D eigenvalue weighted by Crippen LogP contribution is -2.50. The third-order valence-corrected chi connectivity index (χ3v) is 4.37. The molecule has 7 heteroatoms. The number of hydrogen-bond donors (Lipinski definition) is 1. The van der Waals surface area contributed by atoms with Gasteiger partial charge in [-0.05, 0) is 18.2 Å². The molecule has 0 aliphatic carbocycles. The van der Waals surface area contributed by atoms with E-state index in [2.05, 4.69) is 10.2 Å². The highest BCUT2D eigenvalue weighted by atomic mass is 16.5. The van der Waals surface area contributed by atoms with Crippen LogP contribution < -0.4 is 14.8 Å². The molecule has 0 radical (unpaired) electrons. The zero-order chi connectivity index (χ0) is 18.1. The van der Waals surface area contributed by atoms with Crippen LogP contribution in [0.15, 0.2) is 18.2 Å². The molecule has 1 heterocycles. The van der Waals surface area contributed by atoms with E-state index in [4.69, 9.17) is 14.2 Å². The second-order valence-electron chi connectivity index (χ2n) is 6.00. The summed E-state index contributed by atoms with van der Waals surface area (Å²) < 4.78 is 15.7. The molecule has 1 N–H and O–H groups in total. The van der Waals surface area contributed by atoms with E-state index >= 15 is 0 Å². The van der Waals surface area contributed by atoms with E-state index in [1.165, 1.54) is 0 Å². The molecule has 2 rings (SSSR count). The highest BCUT2D eigenvalue weighted by Gasteiger charge is 2.21. The first kappa shape index (κ1) is 19.5. The molecular formula is C18H29N3O4. The maximum absolute atomic E-state index is 12.2. The minimum atomic E-state index is 0.148. The molecule has 1 aromatic carbocycles. The van der Waals surface area contributed by atoms with Crippen LogP contribution in [0, 0.1) is 0 Å². The van der Waals surface area contributed by atoms with Gasteiger partial charge in [0.2, 0.25) is 5.91 Å². The van der Waals surface area contributed by atoms with Crippen molar-refractivity contribution in [2.24, 2.45) is 0 Å². The molecule has 1 amide bonds. The quantitative estimate of drug-likeness (QED) is 0.657. The number of carbonyl (C=O) groups is 1. The highest BCUT2D eigenvalue weighted by molar-refractivity contribution is 5.78. The van der Waals surface area contributed by atoms with Crippen LogP contribution in [-0.4, -0.2) is 82.9 Å². The van der Waals surface area contributed by atoms with Crippen LogP contribution in [0.4, 0.5) is 0 Å². The smallest absolute Gasteiger partial charge is 0.236 e. The van der Waals surface area contributed by atoms with Crippen LogP contribution in [0.1, 0.15) is 5.56 Å². The first-order valence-corrected chi connectivity index (χ1v) is 8.58. The van der Waals surface area contributed by atoms with E-state index < -0.39 is 0 Å². The second-order valence-corrected chi connectivity index (χ2v) is 6.00. The first-order chi connectivity index (χ1) is 12.2. The minimum absolute atomic E-state index is 0.148. The largest absolute Gasteiger partial charge is 0.497 e. The molecule has 0 unspecified atom stereocenters. The molecule has 1 saturated heterocycles. The van der Waals surface area contributed by atoms with E-state index in [0.717, 1.165) is 49.8 Å². The van der Waals surface area contributed by atoms with E-state index in [9.17, 15) is 4.79 Å². The average molecular weight is 351 g/mol. The fraction of sp³-hybridized carbons (Fsp3) is 0.611. The van der Waals surface area contributed by atoms with Crippen LogP contribution in [0.3, 0.4) is 0 Å². The Morgan fingerprint density at radius 3 is 2.52 bits per heavy atom. The van der Waals surface area contributed by atoms with Crippen molar-refractivity contribution in [1.29, 1.82) is 0 Å². The number of carbonyl (C=O) groups excluding carboxylic acids is 1. The van der Waals surface area contributed by atoms with Gasteiger partial charge in [-0.15, -0.1) is 0 Å². The van der Waals surface area contributed by atoms with Gasteiger partial charge >= 0.3 is 0 Å². The molecule has 25 heavy (non-hydrogen) atoms. The summed E-state index contributed by atoms with van der Waals surface area (Å²) in [5.74, 6) is 1.84. The molecule has 0 spiro atoms. The molecule has 0 atom stereocenters. The van der Waals surface area contributed by atoms with Crippen LogP contribution >= 0.6 is 0 Å². The summed E-state index contributed by atoms with van der Waals surface area (Å²) in [5.41, 5.74) is 1.10. The van der Waals surface area contributed by atoms with Gasteiger partial charge in [-0.25, -0.2) is 0 Å². The van der Waals surface area contributed by atoms with Crippen molar-refractivity contribution in [2.75, 3.05) is 67.2 Å². The van der Waals surface area contributed by atoms with E-state index in [1.54, 1.807) is 21.3 Å². The van der Waals surface area contributed by atoms with Crippen molar-refractivity contribution < 1.29 is 19.0 Å². The maximum Gasteiger partial charge on any atom is 0.236 e. The van der Waals surface area contributed by atoms with Crippen LogP contribution in [0.2, 0.25) is 0 Å². The van der Waals surface area contributed by atoms with Gasteiger partial charge < -0.3 is 24.4 Å². The van der Waals surface area contributed by atoms with Gasteiger partial charge in [-0.1, -0.05) is 0 Å². The first-order valence-electron chi connectivity index (χ1n) is 8.58. The fourth-order valence-electron chi connectivity index (χ4n) is 2.88. The van der Waals surface area contributed by atoms with E-state index in [-0.39, 0.29) is 5.91 Å². The van der Waals surface area contributed by atoms with E-state index in [1.807, 2.05) is 23.1 Å². The molecule has 1 fully saturated rings. The third-order valence-electron chi connectivity index (χ3n) is 4.37. The average Bonchev–Trinajstić information content (AvgIpc) is 2.65. The van der Waals surface area contributed by atoms with Gasteiger partial charge in [0, 0.05) is 51.9 Å². The number of ether oxygens (including phenoxy) is 3. The van der Waals surface area contributed by atoms with Crippen molar-refractivity contribution in [3.63, 3.8) is 0 Å². The van der Waals surface area contributed by atoms with Crippen molar-refractivity contribution in [3.8, 4) is 11.5 Å². The Bertz CT molecular complexity index is 545. The van der Waals surface area contributed by atoms with Gasteiger partial charge in [0.15, 0.2) is 0 Å². The van der Waals surface area contributed by atoms with Gasteiger partial charge in [-0.3, -0.25) is 9.69 Å². The minimum Gasteiger partial charge on any atom is -0.497 e. The van der Waals surface area contributed by atoms with Crippen LogP contribution in [-0.2, 0) is 16.1 Å². The number of nitrogens with one attached hydrogen (secondary N) is 1. The second kappa shape index (κ2) is 10.2. The predicted molar refractivity (Wildman–Crippen MR) is 96.1 cm³/mol. The summed E-state index contributed by atoms with van der Waals surface area (Å²) >= 11 is 0. The Balaban J connectivity index is 1.81. The van der Waals surface area contributed by atoms with Crippen LogP contribution in [0.25, 0.3) is 0 Å². The molecule has 0 aromatic heterocycles. The van der Waals surface area contributed by atoms with Gasteiger partial charge in [-0.2, -0.15) is 0 Å². The Labute approximate surface area is 149 Å². The van der Waals surface area contributed by atoms with Gasteiger partial charge in [0.25, 0.3) is 0 Å². The van der Waals surface area contributed by atoms with Crippen molar-refractivity contribution in [2.45, 2.75) is 6.54 Å². The van der Waals surface area contributed by atoms with Crippen LogP contribution in [0.5, 0.6) is 11.5 Å². The lowest BCUT2D eigenvalue weighted by atomic mass is 10.1.